The van der Waals surface area contributed by atoms with Gasteiger partial charge in [0.25, 0.3) is 0 Å². The molecule has 0 aliphatic rings. The summed E-state index contributed by atoms with van der Waals surface area (Å²) in [6, 6.07) is 4.11. The van der Waals surface area contributed by atoms with Gasteiger partial charge < -0.3 is 10.4 Å². The van der Waals surface area contributed by atoms with Crippen LogP contribution in [0.2, 0.25) is 0 Å². The van der Waals surface area contributed by atoms with Crippen molar-refractivity contribution in [1.82, 2.24) is 5.32 Å². The molecule has 0 saturated carbocycles. The highest BCUT2D eigenvalue weighted by Crippen LogP contribution is 2.21. The topological polar surface area (TPSA) is 32.3 Å². The van der Waals surface area contributed by atoms with Crippen molar-refractivity contribution in [3.63, 3.8) is 0 Å². The van der Waals surface area contributed by atoms with E-state index in [1.165, 1.54) is 4.88 Å². The highest BCUT2D eigenvalue weighted by atomic mass is 79.9. The van der Waals surface area contributed by atoms with Crippen LogP contribution in [0.5, 0.6) is 0 Å². The normalized spacial score (nSPS) is 13.2. The molecule has 0 aliphatic carbocycles. The lowest BCUT2D eigenvalue weighted by Gasteiger charge is -2.04. The zero-order chi connectivity index (χ0) is 8.97. The van der Waals surface area contributed by atoms with E-state index in [1.807, 2.05) is 6.07 Å². The lowest BCUT2D eigenvalue weighted by atomic mass is 10.4. The number of thiophene rings is 1. The third-order valence-electron chi connectivity index (χ3n) is 1.37. The van der Waals surface area contributed by atoms with Crippen molar-refractivity contribution in [1.29, 1.82) is 0 Å². The van der Waals surface area contributed by atoms with E-state index in [4.69, 9.17) is 5.11 Å². The standard InChI is InChI=1S/C8H12BrNOS/c1-6(11)4-10-5-7-2-3-8(9)12-7/h2-3,6,10-11H,4-5H2,1H3. The van der Waals surface area contributed by atoms with Crippen LogP contribution in [-0.2, 0) is 6.54 Å². The SMILES string of the molecule is CC(O)CNCc1ccc(Br)s1. The Labute approximate surface area is 84.7 Å². The highest BCUT2D eigenvalue weighted by Gasteiger charge is 1.98. The van der Waals surface area contributed by atoms with E-state index >= 15 is 0 Å². The quantitative estimate of drug-likeness (QED) is 0.856. The average molecular weight is 250 g/mol. The van der Waals surface area contributed by atoms with E-state index in [1.54, 1.807) is 18.3 Å². The Hall–Kier alpha value is 0.1000. The monoisotopic (exact) mass is 249 g/mol. The lowest BCUT2D eigenvalue weighted by molar-refractivity contribution is 0.191. The van der Waals surface area contributed by atoms with Crippen molar-refractivity contribution in [3.05, 3.63) is 20.8 Å². The van der Waals surface area contributed by atoms with Crippen molar-refractivity contribution in [2.24, 2.45) is 0 Å². The molecule has 1 aromatic heterocycles. The number of rotatable bonds is 4. The maximum atomic E-state index is 8.97. The van der Waals surface area contributed by atoms with Crippen LogP contribution < -0.4 is 5.32 Å². The smallest absolute Gasteiger partial charge is 0.0701 e. The van der Waals surface area contributed by atoms with Crippen LogP contribution in [0.1, 0.15) is 11.8 Å². The molecule has 0 aromatic carbocycles. The molecule has 0 aliphatic heterocycles. The molecule has 68 valence electrons. The first-order valence-electron chi connectivity index (χ1n) is 3.81. The van der Waals surface area contributed by atoms with Gasteiger partial charge in [-0.3, -0.25) is 0 Å². The highest BCUT2D eigenvalue weighted by molar-refractivity contribution is 9.11. The summed E-state index contributed by atoms with van der Waals surface area (Å²) in [6.45, 7) is 3.26. The Morgan fingerprint density at radius 2 is 2.42 bits per heavy atom. The van der Waals surface area contributed by atoms with Gasteiger partial charge in [0.05, 0.1) is 9.89 Å². The molecule has 1 rings (SSSR count). The molecular formula is C8H12BrNOS. The Kier molecular flexibility index (Phi) is 4.21. The second kappa shape index (κ2) is 4.97. The second-order valence-corrected chi connectivity index (χ2v) is 5.23. The fourth-order valence-electron chi connectivity index (χ4n) is 0.851. The molecule has 0 saturated heterocycles. The van der Waals surface area contributed by atoms with Gasteiger partial charge in [0.1, 0.15) is 0 Å². The molecule has 1 unspecified atom stereocenters. The minimum absolute atomic E-state index is 0.270. The number of hydrogen-bond acceptors (Lipinski definition) is 3. The summed E-state index contributed by atoms with van der Waals surface area (Å²) in [5, 5.41) is 12.1. The summed E-state index contributed by atoms with van der Waals surface area (Å²) in [6.07, 6.45) is -0.270. The molecule has 0 bridgehead atoms. The van der Waals surface area contributed by atoms with Gasteiger partial charge in [0.2, 0.25) is 0 Å². The van der Waals surface area contributed by atoms with Crippen LogP contribution in [0.3, 0.4) is 0 Å². The van der Waals surface area contributed by atoms with Crippen molar-refractivity contribution >= 4 is 27.3 Å². The number of aliphatic hydroxyl groups is 1. The first-order chi connectivity index (χ1) is 5.68. The van der Waals surface area contributed by atoms with Crippen molar-refractivity contribution in [3.8, 4) is 0 Å². The van der Waals surface area contributed by atoms with Crippen LogP contribution in [0, 0.1) is 0 Å². The number of halogens is 1. The van der Waals surface area contributed by atoms with Crippen molar-refractivity contribution in [2.45, 2.75) is 19.6 Å². The van der Waals surface area contributed by atoms with Crippen LogP contribution in [0.4, 0.5) is 0 Å². The van der Waals surface area contributed by atoms with Gasteiger partial charge in [0, 0.05) is 18.0 Å². The Morgan fingerprint density at radius 1 is 1.67 bits per heavy atom. The number of hydrogen-bond donors (Lipinski definition) is 2. The van der Waals surface area contributed by atoms with Crippen LogP contribution in [0.25, 0.3) is 0 Å². The van der Waals surface area contributed by atoms with Gasteiger partial charge in [-0.1, -0.05) is 0 Å². The third kappa shape index (κ3) is 3.67. The molecule has 0 fully saturated rings. The fourth-order valence-corrected chi connectivity index (χ4v) is 2.30. The number of nitrogens with one attached hydrogen (secondary N) is 1. The van der Waals surface area contributed by atoms with Gasteiger partial charge in [-0.05, 0) is 35.0 Å². The van der Waals surface area contributed by atoms with Gasteiger partial charge >= 0.3 is 0 Å². The molecule has 0 amide bonds. The van der Waals surface area contributed by atoms with Gasteiger partial charge in [0.15, 0.2) is 0 Å². The average Bonchev–Trinajstić information content (AvgIpc) is 2.35. The summed E-state index contributed by atoms with van der Waals surface area (Å²) in [7, 11) is 0. The summed E-state index contributed by atoms with van der Waals surface area (Å²) >= 11 is 5.11. The van der Waals surface area contributed by atoms with E-state index in [-0.39, 0.29) is 6.10 Å². The van der Waals surface area contributed by atoms with Gasteiger partial charge in [-0.25, -0.2) is 0 Å². The minimum Gasteiger partial charge on any atom is -0.392 e. The van der Waals surface area contributed by atoms with Gasteiger partial charge in [-0.2, -0.15) is 0 Å². The van der Waals surface area contributed by atoms with Crippen LogP contribution in [-0.4, -0.2) is 17.8 Å². The van der Waals surface area contributed by atoms with Crippen LogP contribution in [0.15, 0.2) is 15.9 Å². The molecule has 1 heterocycles. The fraction of sp³-hybridized carbons (Fsp3) is 0.500. The van der Waals surface area contributed by atoms with Crippen LogP contribution >= 0.6 is 27.3 Å². The summed E-state index contributed by atoms with van der Waals surface area (Å²) < 4.78 is 1.15. The first-order valence-corrected chi connectivity index (χ1v) is 5.42. The van der Waals surface area contributed by atoms with Crippen molar-refractivity contribution in [2.75, 3.05) is 6.54 Å². The molecule has 1 atom stereocenters. The van der Waals surface area contributed by atoms with E-state index in [2.05, 4.69) is 27.3 Å². The molecule has 2 N–H and O–H groups in total. The molecule has 12 heavy (non-hydrogen) atoms. The molecule has 4 heteroatoms. The Morgan fingerprint density at radius 3 is 2.92 bits per heavy atom. The predicted molar refractivity (Wildman–Crippen MR) is 55.4 cm³/mol. The first kappa shape index (κ1) is 10.2. The van der Waals surface area contributed by atoms with E-state index < -0.39 is 0 Å². The maximum absolute atomic E-state index is 8.97. The van der Waals surface area contributed by atoms with E-state index in [9.17, 15) is 0 Å². The van der Waals surface area contributed by atoms with Crippen molar-refractivity contribution < 1.29 is 5.11 Å². The maximum Gasteiger partial charge on any atom is 0.0701 e. The molecule has 0 radical (unpaired) electrons. The zero-order valence-corrected chi connectivity index (χ0v) is 9.28. The summed E-state index contributed by atoms with van der Waals surface area (Å²) in [5.74, 6) is 0. The molecule has 0 spiro atoms. The molecule has 2 nitrogen and oxygen atoms in total. The minimum atomic E-state index is -0.270. The van der Waals surface area contributed by atoms with E-state index in [0.29, 0.717) is 6.54 Å². The zero-order valence-electron chi connectivity index (χ0n) is 6.88. The summed E-state index contributed by atoms with van der Waals surface area (Å²) in [5.41, 5.74) is 0. The Bertz CT molecular complexity index is 237. The summed E-state index contributed by atoms with van der Waals surface area (Å²) in [4.78, 5) is 1.28. The predicted octanol–water partition coefficient (Wildman–Crippen LogP) is 1.98. The molecular weight excluding hydrogens is 238 g/mol. The lowest BCUT2D eigenvalue weighted by Crippen LogP contribution is -2.23. The second-order valence-electron chi connectivity index (χ2n) is 2.69. The van der Waals surface area contributed by atoms with Gasteiger partial charge in [-0.15, -0.1) is 11.3 Å². The van der Waals surface area contributed by atoms with E-state index in [0.717, 1.165) is 10.3 Å². The Balaban J connectivity index is 2.24. The number of aliphatic hydroxyl groups excluding tert-OH is 1. The largest absolute Gasteiger partial charge is 0.392 e. The molecule has 1 aromatic rings. The third-order valence-corrected chi connectivity index (χ3v) is 2.99.